The maximum Gasteiger partial charge on any atom is 0.242 e. The Labute approximate surface area is 119 Å². The van der Waals surface area contributed by atoms with E-state index in [4.69, 9.17) is 28.9 Å². The fourth-order valence-corrected chi connectivity index (χ4v) is 2.98. The Balaban J connectivity index is 2.99. The molecular formula is C9H9Cl2FN2O2S2. The number of hydrogen-bond donors (Lipinski definition) is 2. The summed E-state index contributed by atoms with van der Waals surface area (Å²) in [5.74, 6) is -0.976. The minimum Gasteiger partial charge on any atom is -0.393 e. The molecule has 0 aliphatic carbocycles. The molecule has 1 rings (SSSR count). The van der Waals surface area contributed by atoms with Crippen molar-refractivity contribution in [1.29, 1.82) is 0 Å². The molecule has 1 aromatic carbocycles. The first-order valence-corrected chi connectivity index (χ1v) is 7.32. The van der Waals surface area contributed by atoms with Crippen molar-refractivity contribution >= 4 is 50.4 Å². The maximum atomic E-state index is 13.4. The molecule has 0 aliphatic heterocycles. The van der Waals surface area contributed by atoms with Crippen LogP contribution >= 0.6 is 35.4 Å². The Morgan fingerprint density at radius 3 is 2.61 bits per heavy atom. The van der Waals surface area contributed by atoms with E-state index >= 15 is 0 Å². The Morgan fingerprint density at radius 1 is 1.44 bits per heavy atom. The molecule has 0 radical (unpaired) electrons. The first kappa shape index (κ1) is 15.6. The monoisotopic (exact) mass is 330 g/mol. The van der Waals surface area contributed by atoms with Crippen molar-refractivity contribution in [2.75, 3.05) is 6.54 Å². The van der Waals surface area contributed by atoms with Crippen LogP contribution in [0.25, 0.3) is 0 Å². The van der Waals surface area contributed by atoms with Gasteiger partial charge in [-0.1, -0.05) is 35.4 Å². The third-order valence-corrected chi connectivity index (χ3v) is 4.43. The van der Waals surface area contributed by atoms with Crippen molar-refractivity contribution in [3.63, 3.8) is 0 Å². The molecule has 4 nitrogen and oxygen atoms in total. The van der Waals surface area contributed by atoms with E-state index in [-0.39, 0.29) is 27.9 Å². The molecular weight excluding hydrogens is 322 g/mol. The second kappa shape index (κ2) is 6.12. The lowest BCUT2D eigenvalue weighted by molar-refractivity contribution is 0.579. The van der Waals surface area contributed by atoms with Crippen LogP contribution in [0.2, 0.25) is 10.0 Å². The molecule has 0 aromatic heterocycles. The van der Waals surface area contributed by atoms with E-state index in [0.717, 1.165) is 12.1 Å². The van der Waals surface area contributed by atoms with Crippen LogP contribution in [0.4, 0.5) is 4.39 Å². The van der Waals surface area contributed by atoms with Crippen molar-refractivity contribution in [3.8, 4) is 0 Å². The van der Waals surface area contributed by atoms with Crippen molar-refractivity contribution in [1.82, 2.24) is 4.72 Å². The SMILES string of the molecule is NC(=S)CCNS(=O)(=O)c1ccc(Cl)c(F)c1Cl. The molecule has 3 N–H and O–H groups in total. The first-order chi connectivity index (χ1) is 8.25. The van der Waals surface area contributed by atoms with E-state index in [1.54, 1.807) is 0 Å². The Morgan fingerprint density at radius 2 is 2.06 bits per heavy atom. The van der Waals surface area contributed by atoms with Crippen LogP contribution < -0.4 is 10.5 Å². The minimum absolute atomic E-state index is 0.0121. The normalized spacial score (nSPS) is 11.5. The summed E-state index contributed by atoms with van der Waals surface area (Å²) in [5, 5.41) is -0.799. The van der Waals surface area contributed by atoms with Gasteiger partial charge < -0.3 is 5.73 Å². The number of nitrogens with two attached hydrogens (primary N) is 1. The Kier molecular flexibility index (Phi) is 5.30. The molecule has 18 heavy (non-hydrogen) atoms. The van der Waals surface area contributed by atoms with Gasteiger partial charge in [0, 0.05) is 13.0 Å². The summed E-state index contributed by atoms with van der Waals surface area (Å²) in [4.78, 5) is -0.208. The van der Waals surface area contributed by atoms with E-state index in [0.29, 0.717) is 0 Å². The summed E-state index contributed by atoms with van der Waals surface area (Å²) < 4.78 is 39.2. The summed E-state index contributed by atoms with van der Waals surface area (Å²) in [6, 6.07) is 2.24. The first-order valence-electron chi connectivity index (χ1n) is 4.67. The van der Waals surface area contributed by atoms with Gasteiger partial charge in [0.15, 0.2) is 5.82 Å². The van der Waals surface area contributed by atoms with Gasteiger partial charge in [0.25, 0.3) is 0 Å². The van der Waals surface area contributed by atoms with Gasteiger partial charge >= 0.3 is 0 Å². The third kappa shape index (κ3) is 3.76. The van der Waals surface area contributed by atoms with Crippen LogP contribution in [-0.4, -0.2) is 20.0 Å². The van der Waals surface area contributed by atoms with Gasteiger partial charge in [0.1, 0.15) is 4.90 Å². The van der Waals surface area contributed by atoms with E-state index in [1.165, 1.54) is 0 Å². The average Bonchev–Trinajstić information content (AvgIpc) is 2.24. The summed E-state index contributed by atoms with van der Waals surface area (Å²) in [7, 11) is -3.92. The molecule has 0 fully saturated rings. The van der Waals surface area contributed by atoms with Gasteiger partial charge in [-0.05, 0) is 12.1 Å². The molecule has 0 saturated heterocycles. The molecule has 0 saturated carbocycles. The number of benzene rings is 1. The van der Waals surface area contributed by atoms with E-state index in [2.05, 4.69) is 16.9 Å². The highest BCUT2D eigenvalue weighted by molar-refractivity contribution is 7.89. The highest BCUT2D eigenvalue weighted by Gasteiger charge is 2.21. The summed E-state index contributed by atoms with van der Waals surface area (Å²) in [6.45, 7) is 0.0121. The van der Waals surface area contributed by atoms with Gasteiger partial charge in [-0.2, -0.15) is 0 Å². The predicted octanol–water partition coefficient (Wildman–Crippen LogP) is 2.09. The zero-order valence-electron chi connectivity index (χ0n) is 8.91. The zero-order chi connectivity index (χ0) is 13.9. The molecule has 0 atom stereocenters. The number of halogens is 3. The molecule has 9 heteroatoms. The lowest BCUT2D eigenvalue weighted by Gasteiger charge is -2.09. The standard InChI is InChI=1S/C9H9Cl2FN2O2S2/c10-5-1-2-6(8(11)9(5)12)18(15,16)14-4-3-7(13)17/h1-2,14H,3-4H2,(H2,13,17). The molecule has 0 aliphatic rings. The van der Waals surface area contributed by atoms with Gasteiger partial charge in [-0.3, -0.25) is 0 Å². The number of rotatable bonds is 5. The van der Waals surface area contributed by atoms with Crippen LogP contribution in [0.15, 0.2) is 17.0 Å². The second-order valence-electron chi connectivity index (χ2n) is 3.29. The average molecular weight is 331 g/mol. The molecule has 100 valence electrons. The lowest BCUT2D eigenvalue weighted by Crippen LogP contribution is -2.27. The molecule has 0 bridgehead atoms. The summed E-state index contributed by atoms with van der Waals surface area (Å²) >= 11 is 15.7. The van der Waals surface area contributed by atoms with Crippen LogP contribution in [0.1, 0.15) is 6.42 Å². The van der Waals surface area contributed by atoms with Crippen molar-refractivity contribution in [2.24, 2.45) is 5.73 Å². The van der Waals surface area contributed by atoms with Crippen LogP contribution in [0, 0.1) is 5.82 Å². The van der Waals surface area contributed by atoms with Gasteiger partial charge in [-0.25, -0.2) is 17.5 Å². The topological polar surface area (TPSA) is 72.2 Å². The van der Waals surface area contributed by atoms with Crippen LogP contribution in [0.5, 0.6) is 0 Å². The molecule has 0 unspecified atom stereocenters. The van der Waals surface area contributed by atoms with Crippen molar-refractivity contribution in [2.45, 2.75) is 11.3 Å². The van der Waals surface area contributed by atoms with Gasteiger partial charge in [0.2, 0.25) is 10.0 Å². The highest BCUT2D eigenvalue weighted by Crippen LogP contribution is 2.29. The highest BCUT2D eigenvalue weighted by atomic mass is 35.5. The smallest absolute Gasteiger partial charge is 0.242 e. The van der Waals surface area contributed by atoms with Crippen molar-refractivity contribution < 1.29 is 12.8 Å². The number of nitrogens with one attached hydrogen (secondary N) is 1. The van der Waals surface area contributed by atoms with E-state index < -0.39 is 20.9 Å². The zero-order valence-corrected chi connectivity index (χ0v) is 12.1. The third-order valence-electron chi connectivity index (χ3n) is 1.95. The summed E-state index contributed by atoms with van der Waals surface area (Å²) in [6.07, 6.45) is 0.197. The molecule has 0 amide bonds. The van der Waals surface area contributed by atoms with E-state index in [9.17, 15) is 12.8 Å². The minimum atomic E-state index is -3.92. The maximum absolute atomic E-state index is 13.4. The second-order valence-corrected chi connectivity index (χ2v) is 6.33. The number of hydrogen-bond acceptors (Lipinski definition) is 3. The predicted molar refractivity (Wildman–Crippen MR) is 73.0 cm³/mol. The molecule has 0 heterocycles. The Bertz CT molecular complexity index is 578. The molecule has 1 aromatic rings. The van der Waals surface area contributed by atoms with Gasteiger partial charge in [0.05, 0.1) is 15.0 Å². The quantitative estimate of drug-likeness (QED) is 0.640. The Hall–Kier alpha value is -0.470. The molecule has 0 spiro atoms. The number of sulfonamides is 1. The fraction of sp³-hybridized carbons (Fsp3) is 0.222. The fourth-order valence-electron chi connectivity index (χ4n) is 1.10. The van der Waals surface area contributed by atoms with Crippen molar-refractivity contribution in [3.05, 3.63) is 28.0 Å². The van der Waals surface area contributed by atoms with Crippen LogP contribution in [-0.2, 0) is 10.0 Å². The largest absolute Gasteiger partial charge is 0.393 e. The lowest BCUT2D eigenvalue weighted by atomic mass is 10.3. The van der Waals surface area contributed by atoms with Crippen LogP contribution in [0.3, 0.4) is 0 Å². The van der Waals surface area contributed by atoms with Gasteiger partial charge in [-0.15, -0.1) is 0 Å². The summed E-state index contributed by atoms with van der Waals surface area (Å²) in [5.41, 5.74) is 5.23. The van der Waals surface area contributed by atoms with E-state index in [1.807, 2.05) is 0 Å². The number of thiocarbonyl (C=S) groups is 1.